The fourth-order valence-corrected chi connectivity index (χ4v) is 2.19. The average molecular weight is 319 g/mol. The van der Waals surface area contributed by atoms with Gasteiger partial charge in [-0.3, -0.25) is 9.59 Å². The Morgan fingerprint density at radius 3 is 2.83 bits per heavy atom. The molecule has 2 N–H and O–H groups in total. The maximum atomic E-state index is 12.5. The number of hydrogen-bond acceptors (Lipinski definition) is 4. The SMILES string of the molecule is C#CCNC(=O)c1ccccc1NC(=O)c1cnn2cccnc12. The van der Waals surface area contributed by atoms with E-state index in [1.807, 2.05) is 0 Å². The summed E-state index contributed by atoms with van der Waals surface area (Å²) < 4.78 is 1.50. The molecule has 2 amide bonds. The van der Waals surface area contributed by atoms with Crippen molar-refractivity contribution >= 4 is 23.1 Å². The fourth-order valence-electron chi connectivity index (χ4n) is 2.19. The Bertz CT molecular complexity index is 955. The van der Waals surface area contributed by atoms with E-state index in [0.29, 0.717) is 22.5 Å². The Morgan fingerprint density at radius 2 is 2.00 bits per heavy atom. The van der Waals surface area contributed by atoms with E-state index in [-0.39, 0.29) is 12.5 Å². The number of para-hydroxylation sites is 1. The molecule has 0 saturated carbocycles. The Balaban J connectivity index is 1.87. The highest BCUT2D eigenvalue weighted by Gasteiger charge is 2.17. The van der Waals surface area contributed by atoms with Crippen LogP contribution in [0.5, 0.6) is 0 Å². The number of hydrogen-bond donors (Lipinski definition) is 2. The number of rotatable bonds is 4. The van der Waals surface area contributed by atoms with Crippen LogP contribution in [0.1, 0.15) is 20.7 Å². The summed E-state index contributed by atoms with van der Waals surface area (Å²) in [5, 5.41) is 9.36. The van der Waals surface area contributed by atoms with Crippen LogP contribution in [-0.2, 0) is 0 Å². The third-order valence-corrected chi connectivity index (χ3v) is 3.29. The highest BCUT2D eigenvalue weighted by atomic mass is 16.2. The van der Waals surface area contributed by atoms with E-state index in [1.165, 1.54) is 10.7 Å². The van der Waals surface area contributed by atoms with E-state index >= 15 is 0 Å². The summed E-state index contributed by atoms with van der Waals surface area (Å²) in [6.45, 7) is 0.110. The van der Waals surface area contributed by atoms with Crippen LogP contribution in [0, 0.1) is 12.3 Å². The predicted molar refractivity (Wildman–Crippen MR) is 88.5 cm³/mol. The van der Waals surface area contributed by atoms with E-state index in [4.69, 9.17) is 6.42 Å². The van der Waals surface area contributed by atoms with Crippen molar-refractivity contribution in [3.05, 3.63) is 60.0 Å². The molecule has 0 atom stereocenters. The van der Waals surface area contributed by atoms with E-state index in [9.17, 15) is 9.59 Å². The molecule has 3 aromatic rings. The van der Waals surface area contributed by atoms with Gasteiger partial charge in [-0.05, 0) is 18.2 Å². The van der Waals surface area contributed by atoms with Crippen molar-refractivity contribution in [3.63, 3.8) is 0 Å². The summed E-state index contributed by atoms with van der Waals surface area (Å²) in [7, 11) is 0. The molecule has 0 radical (unpaired) electrons. The quantitative estimate of drug-likeness (QED) is 0.710. The lowest BCUT2D eigenvalue weighted by Crippen LogP contribution is -2.25. The van der Waals surface area contributed by atoms with Crippen LogP contribution in [0.25, 0.3) is 5.65 Å². The number of benzene rings is 1. The van der Waals surface area contributed by atoms with E-state index in [1.54, 1.807) is 42.7 Å². The first kappa shape index (κ1) is 15.2. The highest BCUT2D eigenvalue weighted by molar-refractivity contribution is 6.11. The molecule has 1 aromatic carbocycles. The molecule has 2 heterocycles. The summed E-state index contributed by atoms with van der Waals surface area (Å²) in [6, 6.07) is 8.39. The molecule has 0 bridgehead atoms. The molecule has 0 unspecified atom stereocenters. The predicted octanol–water partition coefficient (Wildman–Crippen LogP) is 1.34. The molecule has 7 nitrogen and oxygen atoms in total. The Kier molecular flexibility index (Phi) is 4.21. The second-order valence-electron chi connectivity index (χ2n) is 4.83. The van der Waals surface area contributed by atoms with Gasteiger partial charge in [0, 0.05) is 12.4 Å². The normalized spacial score (nSPS) is 10.1. The number of amides is 2. The summed E-state index contributed by atoms with van der Waals surface area (Å²) in [6.07, 6.45) is 9.84. The van der Waals surface area contributed by atoms with Crippen LogP contribution < -0.4 is 10.6 Å². The van der Waals surface area contributed by atoms with Crippen molar-refractivity contribution in [1.29, 1.82) is 0 Å². The van der Waals surface area contributed by atoms with Crippen molar-refractivity contribution in [1.82, 2.24) is 19.9 Å². The molecule has 0 fully saturated rings. The molecule has 24 heavy (non-hydrogen) atoms. The number of aromatic nitrogens is 3. The van der Waals surface area contributed by atoms with Gasteiger partial charge < -0.3 is 10.6 Å². The molecule has 3 rings (SSSR count). The molecule has 0 aliphatic heterocycles. The first-order valence-electron chi connectivity index (χ1n) is 7.11. The summed E-state index contributed by atoms with van der Waals surface area (Å²) in [5.74, 6) is 1.57. The van der Waals surface area contributed by atoms with Gasteiger partial charge in [0.1, 0.15) is 5.56 Å². The van der Waals surface area contributed by atoms with Gasteiger partial charge >= 0.3 is 0 Å². The Labute approximate surface area is 137 Å². The smallest absolute Gasteiger partial charge is 0.261 e. The van der Waals surface area contributed by atoms with Crippen LogP contribution >= 0.6 is 0 Å². The second kappa shape index (κ2) is 6.62. The molecule has 0 saturated heterocycles. The minimum absolute atomic E-state index is 0.110. The lowest BCUT2D eigenvalue weighted by Gasteiger charge is -2.10. The summed E-state index contributed by atoms with van der Waals surface area (Å²) in [5.41, 5.74) is 1.46. The molecular weight excluding hydrogens is 306 g/mol. The average Bonchev–Trinajstić information content (AvgIpc) is 3.04. The zero-order valence-corrected chi connectivity index (χ0v) is 12.6. The number of anilines is 1. The highest BCUT2D eigenvalue weighted by Crippen LogP contribution is 2.17. The Morgan fingerprint density at radius 1 is 1.17 bits per heavy atom. The number of terminal acetylenes is 1. The van der Waals surface area contributed by atoms with Gasteiger partial charge in [-0.1, -0.05) is 18.1 Å². The summed E-state index contributed by atoms with van der Waals surface area (Å²) >= 11 is 0. The topological polar surface area (TPSA) is 88.4 Å². The molecular formula is C17H13N5O2. The van der Waals surface area contributed by atoms with Gasteiger partial charge in [-0.25, -0.2) is 9.50 Å². The zero-order chi connectivity index (χ0) is 16.9. The van der Waals surface area contributed by atoms with E-state index < -0.39 is 5.91 Å². The third-order valence-electron chi connectivity index (χ3n) is 3.29. The third kappa shape index (κ3) is 2.94. The monoisotopic (exact) mass is 319 g/mol. The van der Waals surface area contributed by atoms with Crippen molar-refractivity contribution < 1.29 is 9.59 Å². The minimum atomic E-state index is -0.402. The zero-order valence-electron chi connectivity index (χ0n) is 12.6. The standard InChI is InChI=1S/C17H13N5O2/c1-2-8-19-16(23)12-6-3-4-7-14(12)21-17(24)13-11-20-22-10-5-9-18-15(13)22/h1,3-7,9-11H,8H2,(H,19,23)(H,21,24). The number of carbonyl (C=O) groups excluding carboxylic acids is 2. The number of nitrogens with one attached hydrogen (secondary N) is 2. The summed E-state index contributed by atoms with van der Waals surface area (Å²) in [4.78, 5) is 28.8. The largest absolute Gasteiger partial charge is 0.341 e. The van der Waals surface area contributed by atoms with Gasteiger partial charge in [0.2, 0.25) is 0 Å². The van der Waals surface area contributed by atoms with Gasteiger partial charge in [-0.2, -0.15) is 5.10 Å². The van der Waals surface area contributed by atoms with Gasteiger partial charge in [0.05, 0.1) is 24.0 Å². The molecule has 0 aliphatic rings. The van der Waals surface area contributed by atoms with Crippen LogP contribution in [0.3, 0.4) is 0 Å². The first-order valence-corrected chi connectivity index (χ1v) is 7.11. The lowest BCUT2D eigenvalue weighted by atomic mass is 10.1. The first-order chi connectivity index (χ1) is 11.7. The number of fused-ring (bicyclic) bond motifs is 1. The maximum Gasteiger partial charge on any atom is 0.261 e. The van der Waals surface area contributed by atoms with Gasteiger partial charge in [0.15, 0.2) is 5.65 Å². The van der Waals surface area contributed by atoms with E-state index in [0.717, 1.165) is 0 Å². The van der Waals surface area contributed by atoms with E-state index in [2.05, 4.69) is 26.6 Å². The second-order valence-corrected chi connectivity index (χ2v) is 4.83. The van der Waals surface area contributed by atoms with Crippen LogP contribution in [0.4, 0.5) is 5.69 Å². The van der Waals surface area contributed by atoms with Crippen molar-refractivity contribution in [2.24, 2.45) is 0 Å². The van der Waals surface area contributed by atoms with Crippen molar-refractivity contribution in [2.75, 3.05) is 11.9 Å². The number of nitrogens with zero attached hydrogens (tertiary/aromatic N) is 3. The van der Waals surface area contributed by atoms with Crippen LogP contribution in [-0.4, -0.2) is 33.0 Å². The number of carbonyl (C=O) groups is 2. The molecule has 2 aromatic heterocycles. The Hall–Kier alpha value is -3.66. The molecule has 0 aliphatic carbocycles. The molecule has 0 spiro atoms. The lowest BCUT2D eigenvalue weighted by molar-refractivity contribution is 0.0959. The van der Waals surface area contributed by atoms with Crippen molar-refractivity contribution in [2.45, 2.75) is 0 Å². The minimum Gasteiger partial charge on any atom is -0.341 e. The van der Waals surface area contributed by atoms with Gasteiger partial charge in [-0.15, -0.1) is 6.42 Å². The fraction of sp³-hybridized carbons (Fsp3) is 0.0588. The van der Waals surface area contributed by atoms with Gasteiger partial charge in [0.25, 0.3) is 11.8 Å². The van der Waals surface area contributed by atoms with Crippen molar-refractivity contribution in [3.8, 4) is 12.3 Å². The molecule has 7 heteroatoms. The molecule has 118 valence electrons. The van der Waals surface area contributed by atoms with Crippen LogP contribution in [0.2, 0.25) is 0 Å². The maximum absolute atomic E-state index is 12.5. The van der Waals surface area contributed by atoms with Crippen LogP contribution in [0.15, 0.2) is 48.9 Å².